The molecule has 0 aromatic carbocycles. The number of amides is 1. The van der Waals surface area contributed by atoms with Crippen molar-refractivity contribution in [1.82, 2.24) is 29.6 Å². The number of fused-ring (bicyclic) bond motifs is 1. The molecule has 3 aromatic heterocycles. The minimum atomic E-state index is -0.578. The molecule has 152 valence electrons. The average Bonchev–Trinajstić information content (AvgIpc) is 3.07. The maximum absolute atomic E-state index is 13.3. The third-order valence-electron chi connectivity index (χ3n) is 4.79. The highest BCUT2D eigenvalue weighted by Crippen LogP contribution is 2.28. The standard InChI is InChI=1S/C19H23N7O3/c1-10-13-5-14(11-6-21-22-7-11)16(27)26(15(13)24-17(20)23-10)12-8-25(9-12)18(28)29-19(2,3)4/h5-7,12H,8-9H2,1-4H3,(H,21,22)(H2,20,23,24). The fraction of sp³-hybridized carbons (Fsp3) is 0.421. The zero-order chi connectivity index (χ0) is 20.9. The Morgan fingerprint density at radius 2 is 2.03 bits per heavy atom. The zero-order valence-electron chi connectivity index (χ0n) is 16.8. The van der Waals surface area contributed by atoms with Crippen LogP contribution in [0.15, 0.2) is 23.3 Å². The largest absolute Gasteiger partial charge is 0.444 e. The van der Waals surface area contributed by atoms with Crippen molar-refractivity contribution in [3.63, 3.8) is 0 Å². The molecule has 0 radical (unpaired) electrons. The number of likely N-dealkylation sites (tertiary alicyclic amines) is 1. The highest BCUT2D eigenvalue weighted by atomic mass is 16.6. The van der Waals surface area contributed by atoms with Gasteiger partial charge < -0.3 is 15.4 Å². The lowest BCUT2D eigenvalue weighted by atomic mass is 10.1. The van der Waals surface area contributed by atoms with Gasteiger partial charge in [0.25, 0.3) is 5.56 Å². The number of aromatic nitrogens is 5. The summed E-state index contributed by atoms with van der Waals surface area (Å²) in [7, 11) is 0. The summed E-state index contributed by atoms with van der Waals surface area (Å²) in [5.74, 6) is 0.0996. The number of hydrogen-bond donors (Lipinski definition) is 2. The number of nitrogen functional groups attached to an aromatic ring is 1. The van der Waals surface area contributed by atoms with Crippen molar-refractivity contribution in [1.29, 1.82) is 0 Å². The predicted molar refractivity (Wildman–Crippen MR) is 107 cm³/mol. The Balaban J connectivity index is 1.77. The number of H-pyrrole nitrogens is 1. The second-order valence-corrected chi connectivity index (χ2v) is 8.16. The molecule has 10 nitrogen and oxygen atoms in total. The van der Waals surface area contributed by atoms with Crippen LogP contribution in [0.1, 0.15) is 32.5 Å². The maximum atomic E-state index is 13.3. The molecule has 1 aliphatic rings. The Labute approximate surface area is 166 Å². The lowest BCUT2D eigenvalue weighted by Gasteiger charge is -2.40. The van der Waals surface area contributed by atoms with Gasteiger partial charge in [-0.15, -0.1) is 0 Å². The number of carbonyl (C=O) groups excluding carboxylic acids is 1. The van der Waals surface area contributed by atoms with Gasteiger partial charge in [0.05, 0.1) is 23.5 Å². The van der Waals surface area contributed by atoms with Crippen molar-refractivity contribution in [2.24, 2.45) is 0 Å². The first-order chi connectivity index (χ1) is 13.6. The fourth-order valence-electron chi connectivity index (χ4n) is 3.41. The number of ether oxygens (including phenoxy) is 1. The van der Waals surface area contributed by atoms with Crippen molar-refractivity contribution in [3.8, 4) is 11.1 Å². The molecule has 0 saturated carbocycles. The molecule has 10 heteroatoms. The summed E-state index contributed by atoms with van der Waals surface area (Å²) in [5.41, 5.74) is 7.34. The van der Waals surface area contributed by atoms with Gasteiger partial charge in [0.1, 0.15) is 11.2 Å². The molecule has 0 spiro atoms. The SMILES string of the molecule is Cc1nc(N)nc2c1cc(-c1cn[nH]c1)c(=O)n2C1CN(C(=O)OC(C)(C)C)C1. The molecule has 1 fully saturated rings. The molecule has 0 bridgehead atoms. The van der Waals surface area contributed by atoms with Crippen molar-refractivity contribution in [3.05, 3.63) is 34.5 Å². The highest BCUT2D eigenvalue weighted by Gasteiger charge is 2.36. The number of anilines is 1. The topological polar surface area (TPSA) is 132 Å². The number of aryl methyl sites for hydroxylation is 1. The van der Waals surface area contributed by atoms with Gasteiger partial charge in [-0.25, -0.2) is 9.78 Å². The van der Waals surface area contributed by atoms with Crippen molar-refractivity contribution >= 4 is 23.1 Å². The van der Waals surface area contributed by atoms with Gasteiger partial charge >= 0.3 is 6.09 Å². The third-order valence-corrected chi connectivity index (χ3v) is 4.79. The van der Waals surface area contributed by atoms with Gasteiger partial charge in [0.15, 0.2) is 0 Å². The second-order valence-electron chi connectivity index (χ2n) is 8.16. The first-order valence-corrected chi connectivity index (χ1v) is 9.30. The summed E-state index contributed by atoms with van der Waals surface area (Å²) in [5, 5.41) is 7.40. The summed E-state index contributed by atoms with van der Waals surface area (Å²) < 4.78 is 7.01. The number of carbonyl (C=O) groups is 1. The van der Waals surface area contributed by atoms with Crippen LogP contribution in [0.2, 0.25) is 0 Å². The molecule has 4 rings (SSSR count). The second kappa shape index (κ2) is 6.57. The first-order valence-electron chi connectivity index (χ1n) is 9.30. The van der Waals surface area contributed by atoms with Crippen LogP contribution in [0.25, 0.3) is 22.2 Å². The van der Waals surface area contributed by atoms with E-state index >= 15 is 0 Å². The Morgan fingerprint density at radius 1 is 1.31 bits per heavy atom. The van der Waals surface area contributed by atoms with E-state index in [0.29, 0.717) is 35.6 Å². The Morgan fingerprint density at radius 3 is 2.66 bits per heavy atom. The van der Waals surface area contributed by atoms with E-state index in [-0.39, 0.29) is 17.5 Å². The Kier molecular flexibility index (Phi) is 4.29. The van der Waals surface area contributed by atoms with E-state index in [0.717, 1.165) is 5.39 Å². The van der Waals surface area contributed by atoms with Crippen LogP contribution >= 0.6 is 0 Å². The van der Waals surface area contributed by atoms with Crippen molar-refractivity contribution in [2.75, 3.05) is 18.8 Å². The van der Waals surface area contributed by atoms with E-state index in [2.05, 4.69) is 20.2 Å². The van der Waals surface area contributed by atoms with E-state index in [1.54, 1.807) is 27.9 Å². The van der Waals surface area contributed by atoms with Crippen LogP contribution < -0.4 is 11.3 Å². The quantitative estimate of drug-likeness (QED) is 0.674. The number of nitrogens with one attached hydrogen (secondary N) is 1. The molecule has 1 amide bonds. The maximum Gasteiger partial charge on any atom is 0.410 e. The van der Waals surface area contributed by atoms with Crippen LogP contribution in [-0.2, 0) is 4.74 Å². The molecule has 29 heavy (non-hydrogen) atoms. The van der Waals surface area contributed by atoms with E-state index in [4.69, 9.17) is 10.5 Å². The smallest absolute Gasteiger partial charge is 0.410 e. The molecule has 0 atom stereocenters. The van der Waals surface area contributed by atoms with Crippen LogP contribution in [0.3, 0.4) is 0 Å². The molecule has 1 aliphatic heterocycles. The third kappa shape index (κ3) is 3.41. The van der Waals surface area contributed by atoms with Crippen LogP contribution in [0.4, 0.5) is 10.7 Å². The normalized spacial score (nSPS) is 14.8. The monoisotopic (exact) mass is 397 g/mol. The van der Waals surface area contributed by atoms with Gasteiger partial charge in [-0.2, -0.15) is 10.1 Å². The predicted octanol–water partition coefficient (Wildman–Crippen LogP) is 1.86. The van der Waals surface area contributed by atoms with Gasteiger partial charge in [-0.05, 0) is 33.8 Å². The molecule has 0 aliphatic carbocycles. The van der Waals surface area contributed by atoms with Crippen molar-refractivity contribution < 1.29 is 9.53 Å². The van der Waals surface area contributed by atoms with Gasteiger partial charge in [0, 0.05) is 30.2 Å². The summed E-state index contributed by atoms with van der Waals surface area (Å²) in [6.45, 7) is 7.97. The number of nitrogens with zero attached hydrogens (tertiary/aromatic N) is 5. The van der Waals surface area contributed by atoms with Crippen LogP contribution in [-0.4, -0.2) is 54.4 Å². The molecular formula is C19H23N7O3. The van der Waals surface area contributed by atoms with Gasteiger partial charge in [0.2, 0.25) is 5.95 Å². The van der Waals surface area contributed by atoms with E-state index in [1.165, 1.54) is 0 Å². The average molecular weight is 397 g/mol. The Bertz CT molecular complexity index is 1140. The van der Waals surface area contributed by atoms with E-state index in [1.807, 2.05) is 27.7 Å². The first kappa shape index (κ1) is 18.9. The van der Waals surface area contributed by atoms with Crippen molar-refractivity contribution in [2.45, 2.75) is 39.3 Å². The molecule has 3 N–H and O–H groups in total. The number of rotatable bonds is 2. The van der Waals surface area contributed by atoms with E-state index < -0.39 is 11.7 Å². The fourth-order valence-corrected chi connectivity index (χ4v) is 3.41. The lowest BCUT2D eigenvalue weighted by molar-refractivity contribution is 0.00113. The number of aromatic amines is 1. The molecule has 3 aromatic rings. The van der Waals surface area contributed by atoms with Crippen LogP contribution in [0, 0.1) is 6.92 Å². The summed E-state index contributed by atoms with van der Waals surface area (Å²) in [6.07, 6.45) is 2.85. The highest BCUT2D eigenvalue weighted by molar-refractivity contribution is 5.84. The van der Waals surface area contributed by atoms with Gasteiger partial charge in [-0.3, -0.25) is 14.5 Å². The number of pyridine rings is 1. The minimum absolute atomic E-state index is 0.0996. The molecular weight excluding hydrogens is 374 g/mol. The molecule has 1 saturated heterocycles. The number of nitrogens with two attached hydrogens (primary N) is 1. The van der Waals surface area contributed by atoms with E-state index in [9.17, 15) is 9.59 Å². The summed E-state index contributed by atoms with van der Waals surface area (Å²) >= 11 is 0. The Hall–Kier alpha value is -3.43. The molecule has 0 unspecified atom stereocenters. The van der Waals surface area contributed by atoms with Crippen LogP contribution in [0.5, 0.6) is 0 Å². The minimum Gasteiger partial charge on any atom is -0.444 e. The lowest BCUT2D eigenvalue weighted by Crippen LogP contribution is -2.54. The molecule has 4 heterocycles. The zero-order valence-corrected chi connectivity index (χ0v) is 16.8. The summed E-state index contributed by atoms with van der Waals surface area (Å²) in [4.78, 5) is 35.7. The number of hydrogen-bond acceptors (Lipinski definition) is 7. The summed E-state index contributed by atoms with van der Waals surface area (Å²) in [6, 6.07) is 1.52. The van der Waals surface area contributed by atoms with Gasteiger partial charge in [-0.1, -0.05) is 0 Å².